The summed E-state index contributed by atoms with van der Waals surface area (Å²) in [6, 6.07) is 0.985. The van der Waals surface area contributed by atoms with Crippen molar-refractivity contribution in [3.05, 3.63) is 59.5 Å². The number of alkyl halides is 4. The van der Waals surface area contributed by atoms with E-state index in [9.17, 15) is 22.4 Å². The molecular formula is C18H17F4N3O. The molecule has 1 aliphatic carbocycles. The molecule has 2 aliphatic rings. The molecule has 0 spiro atoms. The first-order valence-corrected chi connectivity index (χ1v) is 7.69. The summed E-state index contributed by atoms with van der Waals surface area (Å²) in [5, 5.41) is 11.4. The van der Waals surface area contributed by atoms with Gasteiger partial charge in [-0.25, -0.2) is 4.39 Å². The number of carbonyl (C=O) groups excluding carboxylic acids is 1. The van der Waals surface area contributed by atoms with Crippen LogP contribution in [0.15, 0.2) is 59.5 Å². The van der Waals surface area contributed by atoms with Crippen LogP contribution in [-0.2, 0) is 4.79 Å². The van der Waals surface area contributed by atoms with E-state index in [0.29, 0.717) is 5.70 Å². The highest BCUT2D eigenvalue weighted by Gasteiger charge is 2.37. The molecule has 0 radical (unpaired) electrons. The van der Waals surface area contributed by atoms with Crippen molar-refractivity contribution in [2.24, 2.45) is 0 Å². The minimum atomic E-state index is -4.59. The fourth-order valence-corrected chi connectivity index (χ4v) is 2.67. The van der Waals surface area contributed by atoms with E-state index < -0.39 is 29.9 Å². The molecule has 0 aromatic carbocycles. The van der Waals surface area contributed by atoms with Crippen LogP contribution in [0.2, 0.25) is 0 Å². The van der Waals surface area contributed by atoms with E-state index in [1.165, 1.54) is 23.3 Å². The van der Waals surface area contributed by atoms with Crippen LogP contribution < -0.4 is 5.32 Å². The number of likely N-dealkylation sites (N-methyl/N-ethyl adjacent to an activating group) is 1. The maximum atomic E-state index is 13.5. The Kier molecular flexibility index (Phi) is 5.40. The predicted molar refractivity (Wildman–Crippen MR) is 88.0 cm³/mol. The lowest BCUT2D eigenvalue weighted by Crippen LogP contribution is -2.40. The van der Waals surface area contributed by atoms with Crippen LogP contribution in [0, 0.1) is 11.3 Å². The molecular weight excluding hydrogens is 350 g/mol. The second kappa shape index (κ2) is 7.20. The summed E-state index contributed by atoms with van der Waals surface area (Å²) in [6.45, 7) is 6.45. The molecule has 0 fully saturated rings. The van der Waals surface area contributed by atoms with Crippen LogP contribution in [0.4, 0.5) is 17.6 Å². The Bertz CT molecular complexity index is 783. The van der Waals surface area contributed by atoms with Crippen molar-refractivity contribution < 1.29 is 22.4 Å². The minimum Gasteiger partial charge on any atom is -0.368 e. The molecule has 26 heavy (non-hydrogen) atoms. The zero-order valence-corrected chi connectivity index (χ0v) is 14.0. The quantitative estimate of drug-likeness (QED) is 0.612. The lowest BCUT2D eigenvalue weighted by Gasteiger charge is -2.21. The van der Waals surface area contributed by atoms with Crippen LogP contribution in [-0.4, -0.2) is 36.2 Å². The first-order chi connectivity index (χ1) is 12.0. The summed E-state index contributed by atoms with van der Waals surface area (Å²) in [7, 11) is 1.56. The van der Waals surface area contributed by atoms with Crippen molar-refractivity contribution >= 4 is 5.91 Å². The third kappa shape index (κ3) is 4.04. The summed E-state index contributed by atoms with van der Waals surface area (Å²) in [4.78, 5) is 13.9. The monoisotopic (exact) mass is 367 g/mol. The molecule has 2 atom stereocenters. The summed E-state index contributed by atoms with van der Waals surface area (Å²) in [5.41, 5.74) is -0.839. The third-order valence-corrected chi connectivity index (χ3v) is 4.25. The number of halogens is 4. The average molecular weight is 367 g/mol. The molecule has 1 N–H and O–H groups in total. The smallest absolute Gasteiger partial charge is 0.368 e. The van der Waals surface area contributed by atoms with Crippen LogP contribution in [0.3, 0.4) is 0 Å². The van der Waals surface area contributed by atoms with Crippen molar-refractivity contribution in [3.63, 3.8) is 0 Å². The highest BCUT2D eigenvalue weighted by molar-refractivity contribution is 5.85. The van der Waals surface area contributed by atoms with Crippen molar-refractivity contribution in [1.29, 1.82) is 5.26 Å². The number of allylic oxidation sites excluding steroid dienone is 5. The molecule has 2 unspecified atom stereocenters. The lowest BCUT2D eigenvalue weighted by atomic mass is 9.97. The second-order valence-corrected chi connectivity index (χ2v) is 6.06. The Morgan fingerprint density at radius 3 is 2.65 bits per heavy atom. The van der Waals surface area contributed by atoms with Gasteiger partial charge in [0.1, 0.15) is 12.2 Å². The van der Waals surface area contributed by atoms with Gasteiger partial charge in [-0.05, 0) is 17.2 Å². The Morgan fingerprint density at radius 1 is 1.42 bits per heavy atom. The molecule has 1 amide bonds. The van der Waals surface area contributed by atoms with Crippen molar-refractivity contribution in [3.8, 4) is 6.07 Å². The van der Waals surface area contributed by atoms with Gasteiger partial charge in [0.05, 0.1) is 17.2 Å². The molecule has 0 saturated heterocycles. The normalized spacial score (nSPS) is 22.8. The molecule has 138 valence electrons. The number of amides is 1. The Hall–Kier alpha value is -2.82. The van der Waals surface area contributed by atoms with Crippen LogP contribution in [0.1, 0.15) is 12.8 Å². The highest BCUT2D eigenvalue weighted by Crippen LogP contribution is 2.36. The van der Waals surface area contributed by atoms with Crippen molar-refractivity contribution in [2.75, 3.05) is 7.05 Å². The van der Waals surface area contributed by atoms with E-state index in [1.54, 1.807) is 13.1 Å². The van der Waals surface area contributed by atoms with Gasteiger partial charge >= 0.3 is 6.18 Å². The van der Waals surface area contributed by atoms with Gasteiger partial charge in [-0.15, -0.1) is 0 Å². The molecule has 0 saturated carbocycles. The molecule has 1 aliphatic heterocycles. The molecule has 2 rings (SSSR count). The summed E-state index contributed by atoms with van der Waals surface area (Å²) in [6.07, 6.45) is -1.86. The number of hydrogen-bond donors (Lipinski definition) is 1. The Labute approximate surface area is 148 Å². The molecule has 8 heteroatoms. The SMILES string of the molecule is C=C(C(=C)C(F)(F)F)C1=CN(C)C(C(=O)NC2=CCC(F)C(C#N)=C2)C1. The molecule has 0 aromatic heterocycles. The number of rotatable bonds is 4. The van der Waals surface area contributed by atoms with Gasteiger partial charge in [0.2, 0.25) is 5.91 Å². The zero-order chi connectivity index (χ0) is 19.6. The van der Waals surface area contributed by atoms with Gasteiger partial charge in [0.15, 0.2) is 0 Å². The first-order valence-electron chi connectivity index (χ1n) is 7.69. The van der Waals surface area contributed by atoms with Gasteiger partial charge in [0, 0.05) is 31.8 Å². The van der Waals surface area contributed by atoms with E-state index >= 15 is 0 Å². The van der Waals surface area contributed by atoms with E-state index in [2.05, 4.69) is 18.5 Å². The largest absolute Gasteiger partial charge is 0.416 e. The first kappa shape index (κ1) is 19.5. The standard InChI is InChI=1S/C18H17F4N3O/c1-10(11(2)18(20,21)22)13-7-16(25(3)9-13)17(26)24-14-4-5-15(19)12(6-14)8-23/h4,6,9,15-16H,1-2,5,7H2,3H3,(H,24,26). The second-order valence-electron chi connectivity index (χ2n) is 6.06. The Morgan fingerprint density at radius 2 is 2.08 bits per heavy atom. The number of carbonyl (C=O) groups is 1. The molecule has 1 heterocycles. The average Bonchev–Trinajstić information content (AvgIpc) is 2.96. The maximum absolute atomic E-state index is 13.5. The van der Waals surface area contributed by atoms with Gasteiger partial charge in [0.25, 0.3) is 0 Å². The van der Waals surface area contributed by atoms with Gasteiger partial charge in [-0.1, -0.05) is 19.2 Å². The van der Waals surface area contributed by atoms with Gasteiger partial charge in [-0.3, -0.25) is 4.79 Å². The summed E-state index contributed by atoms with van der Waals surface area (Å²) >= 11 is 0. The Balaban J connectivity index is 2.05. The van der Waals surface area contributed by atoms with E-state index in [1.807, 2.05) is 0 Å². The molecule has 4 nitrogen and oxygen atoms in total. The van der Waals surface area contributed by atoms with E-state index in [-0.39, 0.29) is 29.6 Å². The van der Waals surface area contributed by atoms with Gasteiger partial charge < -0.3 is 10.2 Å². The predicted octanol–water partition coefficient (Wildman–Crippen LogP) is 3.44. The number of hydrogen-bond acceptors (Lipinski definition) is 3. The third-order valence-electron chi connectivity index (χ3n) is 4.25. The van der Waals surface area contributed by atoms with E-state index in [0.717, 1.165) is 0 Å². The lowest BCUT2D eigenvalue weighted by molar-refractivity contribution is -0.124. The van der Waals surface area contributed by atoms with Crippen molar-refractivity contribution in [2.45, 2.75) is 31.2 Å². The zero-order valence-electron chi connectivity index (χ0n) is 14.0. The number of nitrogens with one attached hydrogen (secondary N) is 1. The van der Waals surface area contributed by atoms with Gasteiger partial charge in [-0.2, -0.15) is 18.4 Å². The summed E-state index contributed by atoms with van der Waals surface area (Å²) < 4.78 is 51.8. The fraction of sp³-hybridized carbons (Fsp3) is 0.333. The van der Waals surface area contributed by atoms with Crippen molar-refractivity contribution in [1.82, 2.24) is 10.2 Å². The number of nitriles is 1. The van der Waals surface area contributed by atoms with Crippen LogP contribution >= 0.6 is 0 Å². The van der Waals surface area contributed by atoms with Crippen LogP contribution in [0.25, 0.3) is 0 Å². The van der Waals surface area contributed by atoms with Crippen LogP contribution in [0.5, 0.6) is 0 Å². The minimum absolute atomic E-state index is 0.0266. The number of nitrogens with zero attached hydrogens (tertiary/aromatic N) is 2. The van der Waals surface area contributed by atoms with E-state index in [4.69, 9.17) is 5.26 Å². The topological polar surface area (TPSA) is 56.1 Å². The molecule has 0 aromatic rings. The maximum Gasteiger partial charge on any atom is 0.416 e. The highest BCUT2D eigenvalue weighted by atomic mass is 19.4. The fourth-order valence-electron chi connectivity index (χ4n) is 2.67. The molecule has 0 bridgehead atoms. The summed E-state index contributed by atoms with van der Waals surface area (Å²) in [5.74, 6) is -0.471.